The molecule has 0 aliphatic carbocycles. The van der Waals surface area contributed by atoms with Crippen molar-refractivity contribution in [3.8, 4) is 0 Å². The van der Waals surface area contributed by atoms with Crippen molar-refractivity contribution in [1.29, 1.82) is 0 Å². The Balaban J connectivity index is 2.50. The molecule has 1 atom stereocenters. The summed E-state index contributed by atoms with van der Waals surface area (Å²) in [6.45, 7) is 0.752. The van der Waals surface area contributed by atoms with E-state index in [1.807, 2.05) is 0 Å². The average molecular weight is 276 g/mol. The van der Waals surface area contributed by atoms with Gasteiger partial charge in [0.1, 0.15) is 9.34 Å². The lowest BCUT2D eigenvalue weighted by Gasteiger charge is -2.10. The van der Waals surface area contributed by atoms with E-state index in [1.54, 1.807) is 0 Å². The first kappa shape index (κ1) is 13.7. The minimum atomic E-state index is -1.01. The molecule has 0 saturated heterocycles. The topological polar surface area (TPSA) is 111 Å². The number of nitrogens with one attached hydrogen (secondary N) is 1. The normalized spacial score (nSPS) is 11.8. The molecule has 1 heterocycles. The number of halogens is 1. The second-order valence-corrected chi connectivity index (χ2v) is 4.73. The smallest absolute Gasteiger partial charge is 0.327 e. The van der Waals surface area contributed by atoms with E-state index in [4.69, 9.17) is 22.2 Å². The van der Waals surface area contributed by atoms with Gasteiger partial charge in [-0.1, -0.05) is 16.7 Å². The zero-order valence-electron chi connectivity index (χ0n) is 8.71. The van der Waals surface area contributed by atoms with E-state index < -0.39 is 12.0 Å². The van der Waals surface area contributed by atoms with E-state index in [2.05, 4.69) is 20.3 Å². The van der Waals surface area contributed by atoms with Crippen LogP contribution in [0.3, 0.4) is 0 Å². The van der Waals surface area contributed by atoms with E-state index in [0.29, 0.717) is 28.9 Å². The number of aromatic nitrogens is 1. The highest BCUT2D eigenvalue weighted by Crippen LogP contribution is 2.24. The molecule has 0 aromatic carbocycles. The number of nitrogens with zero attached hydrogens (tertiary/aromatic N) is 4. The van der Waals surface area contributed by atoms with Gasteiger partial charge in [-0.15, -0.1) is 11.3 Å². The zero-order chi connectivity index (χ0) is 12.7. The summed E-state index contributed by atoms with van der Waals surface area (Å²) in [6.07, 6.45) is 1.98. The minimum Gasteiger partial charge on any atom is -0.480 e. The van der Waals surface area contributed by atoms with Crippen molar-refractivity contribution in [2.24, 2.45) is 5.11 Å². The van der Waals surface area contributed by atoms with Crippen molar-refractivity contribution in [2.45, 2.75) is 12.5 Å². The number of carbonyl (C=O) groups is 1. The number of carboxylic acids is 1. The highest BCUT2D eigenvalue weighted by molar-refractivity contribution is 7.16. The van der Waals surface area contributed by atoms with Gasteiger partial charge in [0.15, 0.2) is 6.04 Å². The van der Waals surface area contributed by atoms with Crippen LogP contribution in [0.25, 0.3) is 10.4 Å². The first-order valence-corrected chi connectivity index (χ1v) is 5.93. The summed E-state index contributed by atoms with van der Waals surface area (Å²) in [4.78, 5) is 17.5. The van der Waals surface area contributed by atoms with Gasteiger partial charge in [0.05, 0.1) is 6.20 Å². The van der Waals surface area contributed by atoms with Crippen LogP contribution in [-0.4, -0.2) is 29.1 Å². The fourth-order valence-corrected chi connectivity index (χ4v) is 2.12. The van der Waals surface area contributed by atoms with Gasteiger partial charge >= 0.3 is 5.97 Å². The molecule has 0 saturated carbocycles. The Bertz CT molecular complexity index is 431. The van der Waals surface area contributed by atoms with Crippen LogP contribution in [-0.2, 0) is 4.79 Å². The second kappa shape index (κ2) is 7.08. The van der Waals surface area contributed by atoms with Crippen LogP contribution in [0.1, 0.15) is 17.5 Å². The molecular weight excluding hydrogens is 266 g/mol. The minimum absolute atomic E-state index is 0.328. The lowest BCUT2D eigenvalue weighted by Crippen LogP contribution is -2.29. The summed E-state index contributed by atoms with van der Waals surface area (Å²) in [7, 11) is 0. The Morgan fingerprint density at radius 1 is 1.82 bits per heavy atom. The summed E-state index contributed by atoms with van der Waals surface area (Å²) in [5.74, 6) is -1.01. The second-order valence-electron chi connectivity index (χ2n) is 3.04. The molecule has 1 aromatic rings. The van der Waals surface area contributed by atoms with Crippen molar-refractivity contribution in [2.75, 3.05) is 13.1 Å². The molecule has 0 spiro atoms. The van der Waals surface area contributed by atoms with E-state index in [1.165, 1.54) is 6.20 Å². The maximum Gasteiger partial charge on any atom is 0.327 e. The van der Waals surface area contributed by atoms with Crippen LogP contribution in [0.2, 0.25) is 4.34 Å². The highest BCUT2D eigenvalue weighted by Gasteiger charge is 2.22. The Morgan fingerprint density at radius 2 is 2.59 bits per heavy atom. The molecule has 0 fully saturated rings. The van der Waals surface area contributed by atoms with Crippen molar-refractivity contribution in [3.05, 3.63) is 26.0 Å². The molecule has 2 N–H and O–H groups in total. The third-order valence-corrected chi connectivity index (χ3v) is 3.02. The maximum absolute atomic E-state index is 11.0. The number of rotatable bonds is 7. The molecule has 17 heavy (non-hydrogen) atoms. The highest BCUT2D eigenvalue weighted by atomic mass is 35.5. The number of aliphatic carboxylic acids is 1. The van der Waals surface area contributed by atoms with Gasteiger partial charge in [-0.25, -0.2) is 4.98 Å². The quantitative estimate of drug-likeness (QED) is 0.344. The summed E-state index contributed by atoms with van der Waals surface area (Å²) in [5, 5.41) is 15.6. The fourth-order valence-electron chi connectivity index (χ4n) is 1.12. The largest absolute Gasteiger partial charge is 0.480 e. The van der Waals surface area contributed by atoms with Crippen molar-refractivity contribution in [1.82, 2.24) is 10.3 Å². The number of hydrogen-bond donors (Lipinski definition) is 2. The van der Waals surface area contributed by atoms with Crippen LogP contribution in [0.5, 0.6) is 0 Å². The molecule has 92 valence electrons. The summed E-state index contributed by atoms with van der Waals surface area (Å²) in [5.41, 5.74) is 8.06. The fraction of sp³-hybridized carbons (Fsp3) is 0.500. The number of thiazole rings is 1. The first-order chi connectivity index (χ1) is 8.15. The Kier molecular flexibility index (Phi) is 5.71. The Labute approximate surface area is 106 Å². The van der Waals surface area contributed by atoms with Gasteiger partial charge in [-0.2, -0.15) is 0 Å². The molecule has 7 nitrogen and oxygen atoms in total. The number of carboxylic acid groups (broad SMARTS) is 1. The summed E-state index contributed by atoms with van der Waals surface area (Å²) in [6, 6.07) is -0.876. The van der Waals surface area contributed by atoms with Crippen LogP contribution >= 0.6 is 22.9 Å². The molecule has 1 rings (SSSR count). The summed E-state index contributed by atoms with van der Waals surface area (Å²) >= 11 is 6.81. The third-order valence-electron chi connectivity index (χ3n) is 1.84. The average Bonchev–Trinajstić information content (AvgIpc) is 2.69. The van der Waals surface area contributed by atoms with E-state index >= 15 is 0 Å². The Morgan fingerprint density at radius 3 is 3.12 bits per heavy atom. The zero-order valence-corrected chi connectivity index (χ0v) is 10.3. The van der Waals surface area contributed by atoms with Crippen molar-refractivity contribution < 1.29 is 9.90 Å². The first-order valence-electron chi connectivity index (χ1n) is 4.73. The molecule has 9 heteroatoms. The molecule has 0 aliphatic rings. The predicted molar refractivity (Wildman–Crippen MR) is 64.1 cm³/mol. The standard InChI is InChI=1S/C8H10ClN5O2S/c9-5-4-12-7(17-5)6(8(15)16)11-2-1-3-13-14-10/h4,6,11H,1-3H2,(H,15,16). The van der Waals surface area contributed by atoms with Gasteiger partial charge in [0.25, 0.3) is 0 Å². The number of azide groups is 1. The van der Waals surface area contributed by atoms with Gasteiger partial charge in [0, 0.05) is 11.5 Å². The number of hydrogen-bond acceptors (Lipinski definition) is 5. The molecule has 0 amide bonds. The maximum atomic E-state index is 11.0. The van der Waals surface area contributed by atoms with E-state index in [-0.39, 0.29) is 0 Å². The SMILES string of the molecule is [N-]=[N+]=NCCCNC(C(=O)O)c1ncc(Cl)s1. The van der Waals surface area contributed by atoms with Gasteiger partial charge in [-0.05, 0) is 18.5 Å². The predicted octanol–water partition coefficient (Wildman–Crippen LogP) is 2.21. The van der Waals surface area contributed by atoms with Crippen molar-refractivity contribution in [3.63, 3.8) is 0 Å². The van der Waals surface area contributed by atoms with E-state index in [9.17, 15) is 4.79 Å². The van der Waals surface area contributed by atoms with Crippen LogP contribution in [0.15, 0.2) is 11.3 Å². The third kappa shape index (κ3) is 4.58. The molecule has 1 unspecified atom stereocenters. The lowest BCUT2D eigenvalue weighted by atomic mass is 10.3. The molecule has 1 aromatic heterocycles. The van der Waals surface area contributed by atoms with Gasteiger partial charge < -0.3 is 5.11 Å². The molecule has 0 radical (unpaired) electrons. The van der Waals surface area contributed by atoms with Gasteiger partial charge in [-0.3, -0.25) is 10.1 Å². The van der Waals surface area contributed by atoms with Gasteiger partial charge in [0.2, 0.25) is 0 Å². The summed E-state index contributed by atoms with van der Waals surface area (Å²) < 4.78 is 0.446. The molecular formula is C8H10ClN5O2S. The van der Waals surface area contributed by atoms with E-state index in [0.717, 1.165) is 11.3 Å². The molecule has 0 aliphatic heterocycles. The van der Waals surface area contributed by atoms with Crippen LogP contribution < -0.4 is 5.32 Å². The van der Waals surface area contributed by atoms with Crippen molar-refractivity contribution >= 4 is 28.9 Å². The van der Waals surface area contributed by atoms with Crippen LogP contribution in [0, 0.1) is 0 Å². The monoisotopic (exact) mass is 275 g/mol. The molecule has 0 bridgehead atoms. The Hall–Kier alpha value is -1.34. The lowest BCUT2D eigenvalue weighted by molar-refractivity contribution is -0.139. The van der Waals surface area contributed by atoms with Crippen LogP contribution in [0.4, 0.5) is 0 Å².